The third-order valence-corrected chi connectivity index (χ3v) is 5.65. The van der Waals surface area contributed by atoms with E-state index < -0.39 is 27.5 Å². The smallest absolute Gasteiger partial charge is 0.416 e. The van der Waals surface area contributed by atoms with E-state index in [1.807, 2.05) is 0 Å². The Bertz CT molecular complexity index is 1200. The van der Waals surface area contributed by atoms with E-state index in [1.165, 1.54) is 30.3 Å². The number of nitrogens with one attached hydrogen (secondary N) is 1. The van der Waals surface area contributed by atoms with Crippen molar-refractivity contribution in [1.82, 2.24) is 5.32 Å². The van der Waals surface area contributed by atoms with Gasteiger partial charge in [-0.1, -0.05) is 24.3 Å². The molecule has 0 atom stereocenters. The second-order valence-electron chi connectivity index (χ2n) is 6.80. The van der Waals surface area contributed by atoms with Crippen molar-refractivity contribution in [2.45, 2.75) is 24.5 Å². The van der Waals surface area contributed by atoms with E-state index in [-0.39, 0.29) is 28.5 Å². The molecule has 0 aliphatic carbocycles. The minimum Gasteiger partial charge on any atom is -0.451 e. The number of halogens is 3. The zero-order valence-electron chi connectivity index (χ0n) is 16.1. The highest BCUT2D eigenvalue weighted by Gasteiger charge is 2.30. The van der Waals surface area contributed by atoms with Crippen molar-refractivity contribution >= 4 is 15.7 Å². The predicted molar refractivity (Wildman–Crippen MR) is 105 cm³/mol. The van der Waals surface area contributed by atoms with Crippen molar-refractivity contribution in [2.24, 2.45) is 0 Å². The average Bonchev–Trinajstić information content (AvgIpc) is 3.15. The van der Waals surface area contributed by atoms with Gasteiger partial charge in [0.1, 0.15) is 5.76 Å². The number of sulfone groups is 1. The molecule has 0 radical (unpaired) electrons. The fourth-order valence-electron chi connectivity index (χ4n) is 2.97. The van der Waals surface area contributed by atoms with Crippen LogP contribution < -0.4 is 5.32 Å². The second kappa shape index (κ2) is 7.98. The maximum Gasteiger partial charge on any atom is 0.416 e. The molecule has 0 aliphatic heterocycles. The Kier molecular flexibility index (Phi) is 5.76. The number of benzene rings is 2. The van der Waals surface area contributed by atoms with Gasteiger partial charge in [0.25, 0.3) is 5.91 Å². The van der Waals surface area contributed by atoms with Crippen LogP contribution in [0.25, 0.3) is 11.3 Å². The summed E-state index contributed by atoms with van der Waals surface area (Å²) in [6.45, 7) is 1.79. The number of hydrogen-bond acceptors (Lipinski definition) is 4. The molecule has 0 saturated carbocycles. The van der Waals surface area contributed by atoms with E-state index in [2.05, 4.69) is 5.32 Å². The number of rotatable bonds is 5. The lowest BCUT2D eigenvalue weighted by Gasteiger charge is -2.08. The molecule has 0 unspecified atom stereocenters. The number of hydrogen-bond donors (Lipinski definition) is 1. The Balaban J connectivity index is 1.71. The van der Waals surface area contributed by atoms with E-state index in [0.29, 0.717) is 11.1 Å². The van der Waals surface area contributed by atoms with E-state index in [9.17, 15) is 26.4 Å². The monoisotopic (exact) mass is 437 g/mol. The molecule has 3 aromatic rings. The first kappa shape index (κ1) is 21.6. The van der Waals surface area contributed by atoms with Gasteiger partial charge in [-0.2, -0.15) is 13.2 Å². The van der Waals surface area contributed by atoms with Crippen LogP contribution in [0.15, 0.2) is 63.9 Å². The average molecular weight is 437 g/mol. The van der Waals surface area contributed by atoms with Crippen LogP contribution in [-0.4, -0.2) is 20.6 Å². The Morgan fingerprint density at radius 2 is 1.80 bits per heavy atom. The molecule has 1 heterocycles. The number of carbonyl (C=O) groups is 1. The second-order valence-corrected chi connectivity index (χ2v) is 8.78. The van der Waals surface area contributed by atoms with Crippen molar-refractivity contribution < 1.29 is 30.8 Å². The first-order chi connectivity index (χ1) is 13.9. The highest BCUT2D eigenvalue weighted by molar-refractivity contribution is 7.90. The molecule has 3 rings (SSSR count). The Labute approximate surface area is 171 Å². The molecule has 2 aromatic carbocycles. The van der Waals surface area contributed by atoms with Gasteiger partial charge in [-0.25, -0.2) is 8.42 Å². The maximum absolute atomic E-state index is 12.9. The summed E-state index contributed by atoms with van der Waals surface area (Å²) in [6, 6.07) is 12.2. The minimum atomic E-state index is -4.48. The number of carbonyl (C=O) groups excluding carboxylic acids is 1. The lowest BCUT2D eigenvalue weighted by Crippen LogP contribution is -2.22. The van der Waals surface area contributed by atoms with Crippen LogP contribution in [0.4, 0.5) is 13.2 Å². The van der Waals surface area contributed by atoms with Crippen molar-refractivity contribution in [3.05, 3.63) is 77.0 Å². The van der Waals surface area contributed by atoms with E-state index in [4.69, 9.17) is 4.42 Å². The zero-order chi connectivity index (χ0) is 22.1. The molecule has 1 aromatic heterocycles. The lowest BCUT2D eigenvalue weighted by molar-refractivity contribution is -0.137. The van der Waals surface area contributed by atoms with Gasteiger partial charge in [0.2, 0.25) is 0 Å². The van der Waals surface area contributed by atoms with E-state index in [1.54, 1.807) is 19.1 Å². The molecule has 0 spiro atoms. The molecule has 5 nitrogen and oxygen atoms in total. The molecule has 9 heteroatoms. The molecule has 0 saturated heterocycles. The van der Waals surface area contributed by atoms with Crippen LogP contribution in [0.2, 0.25) is 0 Å². The molecule has 1 amide bonds. The summed E-state index contributed by atoms with van der Waals surface area (Å²) >= 11 is 0. The topological polar surface area (TPSA) is 76.4 Å². The van der Waals surface area contributed by atoms with Crippen LogP contribution in [-0.2, 0) is 22.6 Å². The number of amides is 1. The van der Waals surface area contributed by atoms with Gasteiger partial charge in [-0.15, -0.1) is 0 Å². The number of alkyl halides is 3. The van der Waals surface area contributed by atoms with Crippen molar-refractivity contribution in [3.8, 4) is 11.3 Å². The van der Waals surface area contributed by atoms with Crippen LogP contribution >= 0.6 is 0 Å². The summed E-state index contributed by atoms with van der Waals surface area (Å²) in [5.74, 6) is -0.454. The Morgan fingerprint density at radius 1 is 1.07 bits per heavy atom. The first-order valence-corrected chi connectivity index (χ1v) is 10.7. The highest BCUT2D eigenvalue weighted by Crippen LogP contribution is 2.32. The number of furan rings is 1. The molecule has 1 N–H and O–H groups in total. The van der Waals surface area contributed by atoms with Crippen LogP contribution in [0.3, 0.4) is 0 Å². The summed E-state index contributed by atoms with van der Waals surface area (Å²) in [4.78, 5) is 12.5. The summed E-state index contributed by atoms with van der Waals surface area (Å²) in [7, 11) is -3.33. The molecule has 158 valence electrons. The standard InChI is InChI=1S/C21H18F3NO4S/c1-13-10-14(6-9-19(13)30(2,27)28)12-25-20(26)18-8-7-17(29-18)15-4-3-5-16(11-15)21(22,23)24/h3-11H,12H2,1-2H3,(H,25,26). The minimum absolute atomic E-state index is 0.0492. The van der Waals surface area contributed by atoms with Crippen LogP contribution in [0.1, 0.15) is 27.2 Å². The molecule has 0 aliphatic rings. The third kappa shape index (κ3) is 4.91. The largest absolute Gasteiger partial charge is 0.451 e. The first-order valence-electron chi connectivity index (χ1n) is 8.80. The quantitative estimate of drug-likeness (QED) is 0.633. The summed E-state index contributed by atoms with van der Waals surface area (Å²) in [6.07, 6.45) is -3.36. The third-order valence-electron chi connectivity index (χ3n) is 4.40. The summed E-state index contributed by atoms with van der Waals surface area (Å²) < 4.78 is 67.4. The number of aryl methyl sites for hydroxylation is 1. The normalized spacial score (nSPS) is 12.0. The zero-order valence-corrected chi connectivity index (χ0v) is 16.9. The summed E-state index contributed by atoms with van der Waals surface area (Å²) in [5, 5.41) is 2.64. The van der Waals surface area contributed by atoms with Crippen molar-refractivity contribution in [1.29, 1.82) is 0 Å². The van der Waals surface area contributed by atoms with Crippen molar-refractivity contribution in [3.63, 3.8) is 0 Å². The van der Waals surface area contributed by atoms with Gasteiger partial charge in [-0.3, -0.25) is 4.79 Å². The Hall–Kier alpha value is -3.07. The highest BCUT2D eigenvalue weighted by atomic mass is 32.2. The lowest BCUT2D eigenvalue weighted by atomic mass is 10.1. The van der Waals surface area contributed by atoms with Gasteiger partial charge in [0.05, 0.1) is 10.5 Å². The van der Waals surface area contributed by atoms with Gasteiger partial charge < -0.3 is 9.73 Å². The van der Waals surface area contributed by atoms with E-state index in [0.717, 1.165) is 18.4 Å². The fourth-order valence-corrected chi connectivity index (χ4v) is 3.93. The fraction of sp³-hybridized carbons (Fsp3) is 0.190. The van der Waals surface area contributed by atoms with Gasteiger partial charge in [-0.05, 0) is 48.4 Å². The van der Waals surface area contributed by atoms with Crippen LogP contribution in [0, 0.1) is 6.92 Å². The maximum atomic E-state index is 12.9. The van der Waals surface area contributed by atoms with Crippen LogP contribution in [0.5, 0.6) is 0 Å². The predicted octanol–water partition coefficient (Wildman–Crippen LogP) is 4.61. The molecule has 0 fully saturated rings. The van der Waals surface area contributed by atoms with Gasteiger partial charge in [0.15, 0.2) is 15.6 Å². The SMILES string of the molecule is Cc1cc(CNC(=O)c2ccc(-c3cccc(C(F)(F)F)c3)o2)ccc1S(C)(=O)=O. The van der Waals surface area contributed by atoms with Gasteiger partial charge in [0, 0.05) is 18.4 Å². The van der Waals surface area contributed by atoms with E-state index >= 15 is 0 Å². The van der Waals surface area contributed by atoms with Crippen molar-refractivity contribution in [2.75, 3.05) is 6.26 Å². The molecular weight excluding hydrogens is 419 g/mol. The molecular formula is C21H18F3NO4S. The molecule has 30 heavy (non-hydrogen) atoms. The summed E-state index contributed by atoms with van der Waals surface area (Å²) in [5.41, 5.74) is 0.651. The van der Waals surface area contributed by atoms with Gasteiger partial charge >= 0.3 is 6.18 Å². The molecule has 0 bridgehead atoms. The Morgan fingerprint density at radius 3 is 2.43 bits per heavy atom.